The average Bonchev–Trinajstić information content (AvgIpc) is 3.52. The van der Waals surface area contributed by atoms with Gasteiger partial charge in [-0.25, -0.2) is 4.52 Å². The molecule has 0 amide bonds. The molecule has 5 heteroatoms. The number of carbonyl (C=O) groups excluding carboxylic acids is 1. The molecule has 5 aromatic rings. The fourth-order valence-corrected chi connectivity index (χ4v) is 4.71. The quantitative estimate of drug-likeness (QED) is 0.268. The smallest absolute Gasteiger partial charge is 0.161 e. The second kappa shape index (κ2) is 8.17. The maximum atomic E-state index is 11.9. The number of aryl methyl sites for hydroxylation is 1. The standard InChI is InChI=1S/C29H27N3O2/c1-19-25-14-13-24(20(2)33)17-32(25)30-28(19)26-15-23-9-6-10-27(29(23)31(26)16-21-11-12-21)34-18-22-7-4-3-5-8-22/h3-10,13-15,17,21H,11-12,16,18H2,1-2H3. The molecule has 5 nitrogen and oxygen atoms in total. The van der Waals surface area contributed by atoms with Crippen molar-refractivity contribution >= 4 is 22.2 Å². The van der Waals surface area contributed by atoms with E-state index < -0.39 is 0 Å². The van der Waals surface area contributed by atoms with Gasteiger partial charge in [-0.15, -0.1) is 0 Å². The van der Waals surface area contributed by atoms with Crippen molar-refractivity contribution in [3.63, 3.8) is 0 Å². The van der Waals surface area contributed by atoms with Crippen LogP contribution in [0.2, 0.25) is 0 Å². The third-order valence-electron chi connectivity index (χ3n) is 6.78. The minimum Gasteiger partial charge on any atom is -0.487 e. The number of benzene rings is 2. The van der Waals surface area contributed by atoms with Gasteiger partial charge in [0.15, 0.2) is 5.78 Å². The lowest BCUT2D eigenvalue weighted by Gasteiger charge is -2.13. The van der Waals surface area contributed by atoms with E-state index in [-0.39, 0.29) is 5.78 Å². The minimum atomic E-state index is 0.0413. The first-order valence-corrected chi connectivity index (χ1v) is 11.9. The van der Waals surface area contributed by atoms with E-state index in [0.717, 1.165) is 51.2 Å². The van der Waals surface area contributed by atoms with Gasteiger partial charge in [-0.2, -0.15) is 5.10 Å². The fourth-order valence-electron chi connectivity index (χ4n) is 4.71. The Hall–Kier alpha value is -3.86. The normalized spacial score (nSPS) is 13.6. The number of para-hydroxylation sites is 1. The van der Waals surface area contributed by atoms with E-state index in [2.05, 4.69) is 47.9 Å². The number of nitrogens with zero attached hydrogens (tertiary/aromatic N) is 3. The lowest BCUT2D eigenvalue weighted by Crippen LogP contribution is -2.05. The summed E-state index contributed by atoms with van der Waals surface area (Å²) >= 11 is 0. The van der Waals surface area contributed by atoms with Gasteiger partial charge in [0.2, 0.25) is 0 Å². The number of hydrogen-bond donors (Lipinski definition) is 0. The van der Waals surface area contributed by atoms with E-state index in [4.69, 9.17) is 9.84 Å². The maximum absolute atomic E-state index is 11.9. The Labute approximate surface area is 198 Å². The van der Waals surface area contributed by atoms with Crippen LogP contribution in [0.3, 0.4) is 0 Å². The van der Waals surface area contributed by atoms with Crippen LogP contribution in [-0.2, 0) is 13.2 Å². The minimum absolute atomic E-state index is 0.0413. The van der Waals surface area contributed by atoms with Gasteiger partial charge in [0.1, 0.15) is 18.1 Å². The number of carbonyl (C=O) groups is 1. The largest absolute Gasteiger partial charge is 0.487 e. The van der Waals surface area contributed by atoms with Gasteiger partial charge in [-0.05, 0) is 62.4 Å². The molecule has 3 heterocycles. The molecule has 3 aromatic heterocycles. The summed E-state index contributed by atoms with van der Waals surface area (Å²) in [5.74, 6) is 1.63. The summed E-state index contributed by atoms with van der Waals surface area (Å²) in [6.45, 7) is 5.18. The number of ketones is 1. The van der Waals surface area contributed by atoms with Crippen molar-refractivity contribution in [2.75, 3.05) is 0 Å². The first-order valence-electron chi connectivity index (χ1n) is 11.9. The van der Waals surface area contributed by atoms with Crippen LogP contribution in [0.25, 0.3) is 27.8 Å². The third kappa shape index (κ3) is 3.67. The Morgan fingerprint density at radius 2 is 1.88 bits per heavy atom. The van der Waals surface area contributed by atoms with E-state index in [9.17, 15) is 4.79 Å². The van der Waals surface area contributed by atoms with Crippen molar-refractivity contribution in [2.24, 2.45) is 5.92 Å². The topological polar surface area (TPSA) is 48.5 Å². The summed E-state index contributed by atoms with van der Waals surface area (Å²) in [6.07, 6.45) is 4.35. The fraction of sp³-hybridized carbons (Fsp3) is 0.241. The Morgan fingerprint density at radius 1 is 1.06 bits per heavy atom. The van der Waals surface area contributed by atoms with Gasteiger partial charge in [-0.1, -0.05) is 42.5 Å². The summed E-state index contributed by atoms with van der Waals surface area (Å²) < 4.78 is 10.6. The highest BCUT2D eigenvalue weighted by Gasteiger charge is 2.26. The molecule has 0 spiro atoms. The summed E-state index contributed by atoms with van der Waals surface area (Å²) in [5, 5.41) is 6.09. The third-order valence-corrected chi connectivity index (χ3v) is 6.78. The molecule has 0 N–H and O–H groups in total. The molecule has 170 valence electrons. The lowest BCUT2D eigenvalue weighted by atomic mass is 10.1. The van der Waals surface area contributed by atoms with Crippen molar-refractivity contribution in [3.8, 4) is 17.1 Å². The molecule has 34 heavy (non-hydrogen) atoms. The molecular weight excluding hydrogens is 422 g/mol. The number of rotatable bonds is 7. The zero-order valence-electron chi connectivity index (χ0n) is 19.5. The SMILES string of the molecule is CC(=O)c1ccc2c(C)c(-c3cc4cccc(OCc5ccccc5)c4n3CC3CC3)nn2c1. The van der Waals surface area contributed by atoms with Crippen molar-refractivity contribution < 1.29 is 9.53 Å². The highest BCUT2D eigenvalue weighted by Crippen LogP contribution is 2.39. The molecule has 1 aliphatic carbocycles. The Balaban J connectivity index is 1.48. The van der Waals surface area contributed by atoms with E-state index in [1.165, 1.54) is 12.8 Å². The molecule has 6 rings (SSSR count). The predicted octanol–water partition coefficient (Wildman–Crippen LogP) is 6.46. The molecule has 0 unspecified atom stereocenters. The second-order valence-electron chi connectivity index (χ2n) is 9.33. The van der Waals surface area contributed by atoms with Crippen LogP contribution in [0.1, 0.15) is 41.3 Å². The number of pyridine rings is 1. The summed E-state index contributed by atoms with van der Waals surface area (Å²) in [5.41, 5.74) is 7.12. The zero-order chi connectivity index (χ0) is 23.2. The number of fused-ring (bicyclic) bond motifs is 2. The molecule has 2 aromatic carbocycles. The summed E-state index contributed by atoms with van der Waals surface area (Å²) in [6, 6.07) is 22.6. The van der Waals surface area contributed by atoms with Crippen molar-refractivity contribution in [1.82, 2.24) is 14.2 Å². The molecule has 0 aliphatic heterocycles. The Bertz CT molecular complexity index is 1520. The zero-order valence-corrected chi connectivity index (χ0v) is 19.5. The molecule has 1 fully saturated rings. The van der Waals surface area contributed by atoms with Gasteiger partial charge in [0.25, 0.3) is 0 Å². The van der Waals surface area contributed by atoms with E-state index in [1.807, 2.05) is 41.0 Å². The van der Waals surface area contributed by atoms with E-state index >= 15 is 0 Å². The van der Waals surface area contributed by atoms with Crippen molar-refractivity contribution in [3.05, 3.63) is 89.6 Å². The number of hydrogen-bond acceptors (Lipinski definition) is 3. The van der Waals surface area contributed by atoms with Crippen LogP contribution < -0.4 is 4.74 Å². The van der Waals surface area contributed by atoms with Gasteiger partial charge >= 0.3 is 0 Å². The van der Waals surface area contributed by atoms with Crippen LogP contribution in [0.15, 0.2) is 72.9 Å². The monoisotopic (exact) mass is 449 g/mol. The van der Waals surface area contributed by atoms with Crippen LogP contribution in [0.4, 0.5) is 0 Å². The Kier molecular flexibility index (Phi) is 4.98. The van der Waals surface area contributed by atoms with Gasteiger partial charge in [0.05, 0.1) is 16.7 Å². The summed E-state index contributed by atoms with van der Waals surface area (Å²) in [7, 11) is 0. The van der Waals surface area contributed by atoms with Gasteiger partial charge in [0, 0.05) is 29.3 Å². The van der Waals surface area contributed by atoms with Gasteiger partial charge < -0.3 is 9.30 Å². The van der Waals surface area contributed by atoms with E-state index in [0.29, 0.717) is 18.1 Å². The number of aromatic nitrogens is 3. The Morgan fingerprint density at radius 3 is 2.65 bits per heavy atom. The van der Waals surface area contributed by atoms with Crippen LogP contribution in [0.5, 0.6) is 5.75 Å². The van der Waals surface area contributed by atoms with Gasteiger partial charge in [-0.3, -0.25) is 4.79 Å². The van der Waals surface area contributed by atoms with Crippen LogP contribution >= 0.6 is 0 Å². The first kappa shape index (κ1) is 20.7. The number of ether oxygens (including phenoxy) is 1. The first-order chi connectivity index (χ1) is 16.6. The highest BCUT2D eigenvalue weighted by atomic mass is 16.5. The highest BCUT2D eigenvalue weighted by molar-refractivity contribution is 5.95. The number of Topliss-reactive ketones (excluding diaryl/α,β-unsaturated/α-hetero) is 1. The molecule has 0 radical (unpaired) electrons. The molecule has 0 saturated heterocycles. The second-order valence-corrected chi connectivity index (χ2v) is 9.33. The van der Waals surface area contributed by atoms with Crippen LogP contribution in [-0.4, -0.2) is 20.0 Å². The molecule has 0 bridgehead atoms. The van der Waals surface area contributed by atoms with Crippen LogP contribution in [0, 0.1) is 12.8 Å². The maximum Gasteiger partial charge on any atom is 0.161 e. The predicted molar refractivity (Wildman–Crippen MR) is 134 cm³/mol. The van der Waals surface area contributed by atoms with Crippen molar-refractivity contribution in [2.45, 2.75) is 39.8 Å². The average molecular weight is 450 g/mol. The molecule has 0 atom stereocenters. The molecule has 1 aliphatic rings. The van der Waals surface area contributed by atoms with Crippen molar-refractivity contribution in [1.29, 1.82) is 0 Å². The summed E-state index contributed by atoms with van der Waals surface area (Å²) in [4.78, 5) is 11.9. The molecule has 1 saturated carbocycles. The van der Waals surface area contributed by atoms with E-state index in [1.54, 1.807) is 6.92 Å². The molecular formula is C29H27N3O2. The lowest BCUT2D eigenvalue weighted by molar-refractivity contribution is 0.101.